The molecule has 0 saturated carbocycles. The highest BCUT2D eigenvalue weighted by atomic mass is 79.9. The van der Waals surface area contributed by atoms with Crippen molar-refractivity contribution in [2.45, 2.75) is 27.2 Å². The number of rotatable bonds is 7. The molecule has 0 bridgehead atoms. The first-order valence-corrected chi connectivity index (χ1v) is 10.1. The molecule has 148 valence electrons. The first kappa shape index (κ1) is 22.0. The molecule has 2 aromatic carbocycles. The van der Waals surface area contributed by atoms with Gasteiger partial charge in [0.2, 0.25) is 0 Å². The summed E-state index contributed by atoms with van der Waals surface area (Å²) in [6.07, 6.45) is 0.896. The number of thiocarbonyl (C=S) groups is 1. The van der Waals surface area contributed by atoms with Crippen LogP contribution < -0.4 is 15.4 Å². The first-order chi connectivity index (χ1) is 13.3. The fourth-order valence-electron chi connectivity index (χ4n) is 2.33. The van der Waals surface area contributed by atoms with Crippen LogP contribution in [0.15, 0.2) is 46.9 Å². The zero-order valence-electron chi connectivity index (χ0n) is 16.0. The van der Waals surface area contributed by atoms with E-state index in [1.54, 1.807) is 36.4 Å². The van der Waals surface area contributed by atoms with Crippen LogP contribution >= 0.6 is 28.1 Å². The van der Waals surface area contributed by atoms with Gasteiger partial charge in [0.05, 0.1) is 12.2 Å². The molecule has 7 heteroatoms. The molecule has 28 heavy (non-hydrogen) atoms. The third-order valence-corrected chi connectivity index (χ3v) is 4.61. The number of carbonyl (C=O) groups is 2. The van der Waals surface area contributed by atoms with Gasteiger partial charge in [-0.25, -0.2) is 0 Å². The Morgan fingerprint density at radius 1 is 1.14 bits per heavy atom. The summed E-state index contributed by atoms with van der Waals surface area (Å²) >= 11 is 8.61. The van der Waals surface area contributed by atoms with Gasteiger partial charge in [-0.15, -0.1) is 0 Å². The molecule has 0 heterocycles. The number of hydrogen-bond donors (Lipinski definition) is 2. The van der Waals surface area contributed by atoms with Crippen molar-refractivity contribution in [3.8, 4) is 5.75 Å². The number of benzene rings is 2. The normalized spacial score (nSPS) is 10.5. The van der Waals surface area contributed by atoms with Gasteiger partial charge in [-0.05, 0) is 73.9 Å². The van der Waals surface area contributed by atoms with E-state index in [0.29, 0.717) is 35.1 Å². The van der Waals surface area contributed by atoms with Crippen molar-refractivity contribution in [3.63, 3.8) is 0 Å². The Kier molecular flexibility index (Phi) is 8.14. The van der Waals surface area contributed by atoms with Crippen LogP contribution in [0, 0.1) is 5.92 Å². The summed E-state index contributed by atoms with van der Waals surface area (Å²) in [4.78, 5) is 24.0. The molecule has 0 fully saturated rings. The zero-order chi connectivity index (χ0) is 20.7. The van der Waals surface area contributed by atoms with E-state index in [2.05, 4.69) is 40.4 Å². The molecule has 0 spiro atoms. The molecular weight excluding hydrogens is 440 g/mol. The second-order valence-electron chi connectivity index (χ2n) is 6.71. The van der Waals surface area contributed by atoms with Crippen molar-refractivity contribution in [2.24, 2.45) is 5.92 Å². The maximum absolute atomic E-state index is 12.7. The van der Waals surface area contributed by atoms with Gasteiger partial charge in [0.15, 0.2) is 10.9 Å². The van der Waals surface area contributed by atoms with Crippen molar-refractivity contribution >= 4 is 50.6 Å². The Morgan fingerprint density at radius 3 is 2.43 bits per heavy atom. The Balaban J connectivity index is 2.03. The van der Waals surface area contributed by atoms with Crippen LogP contribution in [-0.4, -0.2) is 23.4 Å². The zero-order valence-corrected chi connectivity index (χ0v) is 18.4. The predicted octanol–water partition coefficient (Wildman–Crippen LogP) is 5.20. The summed E-state index contributed by atoms with van der Waals surface area (Å²) in [7, 11) is 0. The van der Waals surface area contributed by atoms with Crippen molar-refractivity contribution < 1.29 is 14.3 Å². The number of ether oxygens (including phenoxy) is 1. The fraction of sp³-hybridized carbons (Fsp3) is 0.286. The lowest BCUT2D eigenvalue weighted by Crippen LogP contribution is -2.34. The number of ketones is 1. The second-order valence-corrected chi connectivity index (χ2v) is 8.04. The first-order valence-electron chi connectivity index (χ1n) is 8.92. The highest BCUT2D eigenvalue weighted by Crippen LogP contribution is 2.24. The number of nitrogens with one attached hydrogen (secondary N) is 2. The number of amides is 1. The van der Waals surface area contributed by atoms with E-state index in [1.807, 2.05) is 6.07 Å². The minimum atomic E-state index is -0.362. The van der Waals surface area contributed by atoms with E-state index >= 15 is 0 Å². The van der Waals surface area contributed by atoms with Crippen LogP contribution in [0.5, 0.6) is 5.75 Å². The molecule has 2 aromatic rings. The van der Waals surface area contributed by atoms with Crippen molar-refractivity contribution in [2.75, 3.05) is 11.9 Å². The number of anilines is 1. The maximum Gasteiger partial charge on any atom is 0.261 e. The Morgan fingerprint density at radius 2 is 1.82 bits per heavy atom. The Labute approximate surface area is 179 Å². The summed E-state index contributed by atoms with van der Waals surface area (Å²) in [5.41, 5.74) is 1.69. The number of carbonyl (C=O) groups excluding carboxylic acids is 2. The number of halogens is 1. The minimum absolute atomic E-state index is 0.0120. The molecule has 0 aliphatic carbocycles. The molecular formula is C21H23BrN2O3S. The van der Waals surface area contributed by atoms with Crippen LogP contribution in [-0.2, 0) is 0 Å². The van der Waals surface area contributed by atoms with E-state index in [4.69, 9.17) is 17.0 Å². The van der Waals surface area contributed by atoms with Crippen LogP contribution in [0.4, 0.5) is 5.69 Å². The highest BCUT2D eigenvalue weighted by molar-refractivity contribution is 9.10. The smallest absolute Gasteiger partial charge is 0.261 e. The summed E-state index contributed by atoms with van der Waals surface area (Å²) < 4.78 is 6.55. The van der Waals surface area contributed by atoms with E-state index in [0.717, 1.165) is 10.9 Å². The quantitative estimate of drug-likeness (QED) is 0.436. The molecule has 2 N–H and O–H groups in total. The predicted molar refractivity (Wildman–Crippen MR) is 119 cm³/mol. The van der Waals surface area contributed by atoms with Crippen molar-refractivity contribution in [1.82, 2.24) is 5.32 Å². The molecule has 1 amide bonds. The van der Waals surface area contributed by atoms with Crippen LogP contribution in [0.3, 0.4) is 0 Å². The van der Waals surface area contributed by atoms with Crippen LogP contribution in [0.25, 0.3) is 0 Å². The van der Waals surface area contributed by atoms with Gasteiger partial charge in [-0.1, -0.05) is 29.8 Å². The van der Waals surface area contributed by atoms with Crippen LogP contribution in [0.1, 0.15) is 47.9 Å². The minimum Gasteiger partial charge on any atom is -0.493 e. The lowest BCUT2D eigenvalue weighted by atomic mass is 10.1. The summed E-state index contributed by atoms with van der Waals surface area (Å²) in [5, 5.41) is 5.76. The summed E-state index contributed by atoms with van der Waals surface area (Å²) in [6, 6.07) is 12.1. The molecule has 0 atom stereocenters. The Hall–Kier alpha value is -2.25. The lowest BCUT2D eigenvalue weighted by Gasteiger charge is -2.14. The second kappa shape index (κ2) is 10.3. The highest BCUT2D eigenvalue weighted by Gasteiger charge is 2.15. The average molecular weight is 463 g/mol. The molecule has 0 unspecified atom stereocenters. The van der Waals surface area contributed by atoms with Gasteiger partial charge >= 0.3 is 0 Å². The largest absolute Gasteiger partial charge is 0.493 e. The molecule has 0 saturated heterocycles. The van der Waals surface area contributed by atoms with Crippen LogP contribution in [0.2, 0.25) is 0 Å². The van der Waals surface area contributed by atoms with Gasteiger partial charge in [0.1, 0.15) is 5.75 Å². The third-order valence-electron chi connectivity index (χ3n) is 3.92. The topological polar surface area (TPSA) is 67.4 Å². The molecule has 0 aliphatic heterocycles. The summed E-state index contributed by atoms with van der Waals surface area (Å²) in [5.74, 6) is 0.648. The van der Waals surface area contributed by atoms with Gasteiger partial charge in [-0.2, -0.15) is 0 Å². The molecule has 5 nitrogen and oxygen atoms in total. The molecule has 2 rings (SSSR count). The van der Waals surface area contributed by atoms with Crippen molar-refractivity contribution in [1.29, 1.82) is 0 Å². The SMILES string of the molecule is CC(=O)c1ccc(NC(=S)NC(=O)c2cc(Br)ccc2OCCC(C)C)cc1. The van der Waals surface area contributed by atoms with E-state index in [-0.39, 0.29) is 16.8 Å². The van der Waals surface area contributed by atoms with Gasteiger partial charge < -0.3 is 10.1 Å². The van der Waals surface area contributed by atoms with E-state index in [1.165, 1.54) is 6.92 Å². The number of Topliss-reactive ketones (excluding diaryl/α,β-unsaturated/α-hetero) is 1. The maximum atomic E-state index is 12.7. The number of hydrogen-bond acceptors (Lipinski definition) is 4. The Bertz CT molecular complexity index is 866. The third kappa shape index (κ3) is 6.73. The monoisotopic (exact) mass is 462 g/mol. The van der Waals surface area contributed by atoms with E-state index < -0.39 is 0 Å². The average Bonchev–Trinajstić information content (AvgIpc) is 2.62. The van der Waals surface area contributed by atoms with Gasteiger partial charge in [0.25, 0.3) is 5.91 Å². The van der Waals surface area contributed by atoms with E-state index in [9.17, 15) is 9.59 Å². The molecule has 0 radical (unpaired) electrons. The fourth-order valence-corrected chi connectivity index (χ4v) is 2.90. The standard InChI is InChI=1S/C21H23BrN2O3S/c1-13(2)10-11-27-19-9-6-16(22)12-18(19)20(26)24-21(28)23-17-7-4-15(5-8-17)14(3)25/h4-9,12-13H,10-11H2,1-3H3,(H2,23,24,26,28). The van der Waals surface area contributed by atoms with Gasteiger partial charge in [-0.3, -0.25) is 14.9 Å². The lowest BCUT2D eigenvalue weighted by molar-refractivity contribution is 0.0971. The summed E-state index contributed by atoms with van der Waals surface area (Å²) in [6.45, 7) is 6.27. The van der Waals surface area contributed by atoms with Gasteiger partial charge in [0, 0.05) is 15.7 Å². The molecule has 0 aliphatic rings. The van der Waals surface area contributed by atoms with Crippen molar-refractivity contribution in [3.05, 3.63) is 58.1 Å². The molecule has 0 aromatic heterocycles.